The molecule has 0 atom stereocenters. The maximum Gasteiger partial charge on any atom is 0.181 e. The summed E-state index contributed by atoms with van der Waals surface area (Å²) in [7, 11) is 0. The Labute approximate surface area is 119 Å². The largest absolute Gasteiger partial charge is 0.489 e. The van der Waals surface area contributed by atoms with Crippen LogP contribution in [0, 0.1) is 0 Å². The topological polar surface area (TPSA) is 48.1 Å². The van der Waals surface area contributed by atoms with Crippen molar-refractivity contribution in [2.24, 2.45) is 0 Å². The quantitative estimate of drug-likeness (QED) is 0.789. The van der Waals surface area contributed by atoms with Crippen LogP contribution in [0.1, 0.15) is 5.56 Å². The summed E-state index contributed by atoms with van der Waals surface area (Å²) in [6.07, 6.45) is 0. The molecule has 0 spiro atoms. The number of benzene rings is 2. The van der Waals surface area contributed by atoms with Crippen molar-refractivity contribution in [1.29, 1.82) is 0 Å². The lowest BCUT2D eigenvalue weighted by Gasteiger charge is -2.06. The first-order valence-electron chi connectivity index (χ1n) is 5.74. The molecule has 3 aromatic rings. The smallest absolute Gasteiger partial charge is 0.181 e. The SMILES string of the molecule is Nc1nc2ccc(OCc3cccc(Cl)c3)cc2s1. The maximum absolute atomic E-state index is 5.93. The van der Waals surface area contributed by atoms with E-state index in [0.29, 0.717) is 16.8 Å². The molecule has 0 saturated carbocycles. The van der Waals surface area contributed by atoms with E-state index in [0.717, 1.165) is 21.5 Å². The summed E-state index contributed by atoms with van der Waals surface area (Å²) in [5, 5.41) is 1.29. The summed E-state index contributed by atoms with van der Waals surface area (Å²) >= 11 is 7.39. The van der Waals surface area contributed by atoms with E-state index in [1.807, 2.05) is 42.5 Å². The molecule has 0 saturated heterocycles. The van der Waals surface area contributed by atoms with E-state index in [2.05, 4.69) is 4.98 Å². The molecule has 2 aromatic carbocycles. The summed E-state index contributed by atoms with van der Waals surface area (Å²) in [6.45, 7) is 0.486. The number of nitrogen functional groups attached to an aromatic ring is 1. The fourth-order valence-electron chi connectivity index (χ4n) is 1.81. The van der Waals surface area contributed by atoms with Crippen LogP contribution in [0.3, 0.4) is 0 Å². The van der Waals surface area contributed by atoms with Crippen molar-refractivity contribution < 1.29 is 4.74 Å². The van der Waals surface area contributed by atoms with Gasteiger partial charge in [-0.3, -0.25) is 0 Å². The van der Waals surface area contributed by atoms with E-state index in [4.69, 9.17) is 22.1 Å². The molecule has 1 heterocycles. The second-order valence-electron chi connectivity index (χ2n) is 4.10. The Morgan fingerprint density at radius 2 is 2.11 bits per heavy atom. The second kappa shape index (κ2) is 5.07. The first-order valence-corrected chi connectivity index (χ1v) is 6.93. The number of rotatable bonds is 3. The van der Waals surface area contributed by atoms with Gasteiger partial charge in [0.2, 0.25) is 0 Å². The Bertz CT molecular complexity index is 726. The molecule has 0 fully saturated rings. The van der Waals surface area contributed by atoms with E-state index in [9.17, 15) is 0 Å². The van der Waals surface area contributed by atoms with Gasteiger partial charge in [-0.25, -0.2) is 4.98 Å². The normalized spacial score (nSPS) is 10.8. The number of fused-ring (bicyclic) bond motifs is 1. The van der Waals surface area contributed by atoms with Crippen molar-refractivity contribution in [2.45, 2.75) is 6.61 Å². The van der Waals surface area contributed by atoms with Crippen LogP contribution in [0.15, 0.2) is 42.5 Å². The zero-order chi connectivity index (χ0) is 13.2. The summed E-state index contributed by atoms with van der Waals surface area (Å²) in [4.78, 5) is 4.21. The number of nitrogens with zero attached hydrogens (tertiary/aromatic N) is 1. The predicted molar refractivity (Wildman–Crippen MR) is 79.8 cm³/mol. The highest BCUT2D eigenvalue weighted by Crippen LogP contribution is 2.27. The van der Waals surface area contributed by atoms with Crippen molar-refractivity contribution in [2.75, 3.05) is 5.73 Å². The van der Waals surface area contributed by atoms with Gasteiger partial charge in [-0.1, -0.05) is 35.1 Å². The number of hydrogen-bond donors (Lipinski definition) is 1. The van der Waals surface area contributed by atoms with Gasteiger partial charge in [-0.15, -0.1) is 0 Å². The van der Waals surface area contributed by atoms with Crippen LogP contribution in [0.2, 0.25) is 5.02 Å². The number of aromatic nitrogens is 1. The lowest BCUT2D eigenvalue weighted by atomic mass is 10.2. The molecular formula is C14H11ClN2OS. The number of nitrogens with two attached hydrogens (primary N) is 1. The number of anilines is 1. The summed E-state index contributed by atoms with van der Waals surface area (Å²) in [5.41, 5.74) is 7.61. The molecule has 0 aliphatic heterocycles. The molecule has 0 radical (unpaired) electrons. The van der Waals surface area contributed by atoms with Crippen LogP contribution < -0.4 is 10.5 Å². The molecule has 1 aromatic heterocycles. The highest BCUT2D eigenvalue weighted by atomic mass is 35.5. The lowest BCUT2D eigenvalue weighted by Crippen LogP contribution is -1.94. The van der Waals surface area contributed by atoms with E-state index < -0.39 is 0 Å². The molecule has 0 bridgehead atoms. The van der Waals surface area contributed by atoms with E-state index in [-0.39, 0.29) is 0 Å². The molecule has 3 rings (SSSR count). The molecule has 96 valence electrons. The molecule has 2 N–H and O–H groups in total. The van der Waals surface area contributed by atoms with Crippen molar-refractivity contribution in [3.05, 3.63) is 53.1 Å². The van der Waals surface area contributed by atoms with E-state index in [1.54, 1.807) is 0 Å². The van der Waals surface area contributed by atoms with Gasteiger partial charge in [-0.2, -0.15) is 0 Å². The highest BCUT2D eigenvalue weighted by molar-refractivity contribution is 7.22. The molecule has 3 nitrogen and oxygen atoms in total. The first-order chi connectivity index (χ1) is 9.20. The minimum Gasteiger partial charge on any atom is -0.489 e. The Hall–Kier alpha value is -1.78. The Morgan fingerprint density at radius 1 is 1.21 bits per heavy atom. The number of halogens is 1. The number of ether oxygens (including phenoxy) is 1. The average molecular weight is 291 g/mol. The molecule has 0 unspecified atom stereocenters. The molecule has 0 aliphatic carbocycles. The van der Waals surface area contributed by atoms with Crippen LogP contribution in [0.4, 0.5) is 5.13 Å². The highest BCUT2D eigenvalue weighted by Gasteiger charge is 2.03. The number of hydrogen-bond acceptors (Lipinski definition) is 4. The van der Waals surface area contributed by atoms with Gasteiger partial charge < -0.3 is 10.5 Å². The third-order valence-electron chi connectivity index (χ3n) is 2.67. The van der Waals surface area contributed by atoms with Gasteiger partial charge in [0.15, 0.2) is 5.13 Å². The van der Waals surface area contributed by atoms with Gasteiger partial charge in [0.1, 0.15) is 12.4 Å². The predicted octanol–water partition coefficient (Wildman–Crippen LogP) is 4.11. The molecular weight excluding hydrogens is 280 g/mol. The summed E-state index contributed by atoms with van der Waals surface area (Å²) in [5.74, 6) is 0.802. The maximum atomic E-state index is 5.93. The lowest BCUT2D eigenvalue weighted by molar-refractivity contribution is 0.306. The first kappa shape index (κ1) is 12.3. The van der Waals surface area contributed by atoms with Crippen LogP contribution >= 0.6 is 22.9 Å². The van der Waals surface area contributed by atoms with Gasteiger partial charge in [0.05, 0.1) is 10.2 Å². The van der Waals surface area contributed by atoms with E-state index in [1.165, 1.54) is 11.3 Å². The number of thiazole rings is 1. The minimum absolute atomic E-state index is 0.486. The minimum atomic E-state index is 0.486. The Morgan fingerprint density at radius 3 is 2.95 bits per heavy atom. The van der Waals surface area contributed by atoms with Crippen molar-refractivity contribution >= 4 is 38.3 Å². The monoisotopic (exact) mass is 290 g/mol. The van der Waals surface area contributed by atoms with Crippen molar-refractivity contribution in [3.63, 3.8) is 0 Å². The average Bonchev–Trinajstić information content (AvgIpc) is 2.75. The van der Waals surface area contributed by atoms with Crippen LogP contribution in [-0.2, 0) is 6.61 Å². The van der Waals surface area contributed by atoms with Gasteiger partial charge in [0.25, 0.3) is 0 Å². The van der Waals surface area contributed by atoms with E-state index >= 15 is 0 Å². The van der Waals surface area contributed by atoms with Crippen LogP contribution in [0.25, 0.3) is 10.2 Å². The standard InChI is InChI=1S/C14H11ClN2OS/c15-10-3-1-2-9(6-10)8-18-11-4-5-12-13(7-11)19-14(16)17-12/h1-7H,8H2,(H2,16,17). The molecule has 5 heteroatoms. The van der Waals surface area contributed by atoms with Gasteiger partial charge >= 0.3 is 0 Å². The molecule has 0 aliphatic rings. The third-order valence-corrected chi connectivity index (χ3v) is 3.75. The van der Waals surface area contributed by atoms with Crippen LogP contribution in [0.5, 0.6) is 5.75 Å². The Kier molecular flexibility index (Phi) is 3.27. The molecule has 0 amide bonds. The van der Waals surface area contributed by atoms with Crippen molar-refractivity contribution in [1.82, 2.24) is 4.98 Å². The molecule has 19 heavy (non-hydrogen) atoms. The van der Waals surface area contributed by atoms with Crippen molar-refractivity contribution in [3.8, 4) is 5.75 Å². The third kappa shape index (κ3) is 2.80. The van der Waals surface area contributed by atoms with Crippen LogP contribution in [-0.4, -0.2) is 4.98 Å². The summed E-state index contributed by atoms with van der Waals surface area (Å²) < 4.78 is 6.77. The van der Waals surface area contributed by atoms with Gasteiger partial charge in [-0.05, 0) is 35.9 Å². The fraction of sp³-hybridized carbons (Fsp3) is 0.0714. The Balaban J connectivity index is 1.78. The zero-order valence-electron chi connectivity index (χ0n) is 9.97. The van der Waals surface area contributed by atoms with Gasteiger partial charge in [0, 0.05) is 5.02 Å². The fourth-order valence-corrected chi connectivity index (χ4v) is 2.78. The second-order valence-corrected chi connectivity index (χ2v) is 5.60. The summed E-state index contributed by atoms with van der Waals surface area (Å²) in [6, 6.07) is 13.4. The zero-order valence-corrected chi connectivity index (χ0v) is 11.5.